The van der Waals surface area contributed by atoms with Crippen molar-refractivity contribution in [2.45, 2.75) is 6.42 Å². The number of pyridine rings is 1. The fourth-order valence-electron chi connectivity index (χ4n) is 1.91. The lowest BCUT2D eigenvalue weighted by Crippen LogP contribution is -2.29. The summed E-state index contributed by atoms with van der Waals surface area (Å²) >= 11 is 3.36. The largest absolute Gasteiger partial charge is 0.352 e. The van der Waals surface area contributed by atoms with Crippen molar-refractivity contribution < 1.29 is 9.59 Å². The van der Waals surface area contributed by atoms with E-state index in [2.05, 4.69) is 31.5 Å². The molecule has 1 aromatic heterocycles. The molecule has 0 aliphatic carbocycles. The lowest BCUT2D eigenvalue weighted by molar-refractivity contribution is -0.116. The van der Waals surface area contributed by atoms with Gasteiger partial charge in [0, 0.05) is 36.0 Å². The summed E-state index contributed by atoms with van der Waals surface area (Å²) in [7, 11) is 0. The highest BCUT2D eigenvalue weighted by Crippen LogP contribution is 2.11. The van der Waals surface area contributed by atoms with Crippen LogP contribution >= 0.6 is 15.9 Å². The minimum Gasteiger partial charge on any atom is -0.352 e. The second-order valence-corrected chi connectivity index (χ2v) is 5.94. The molecule has 0 aliphatic rings. The number of hydrogen-bond donors (Lipinski definition) is 2. The van der Waals surface area contributed by atoms with E-state index in [0.29, 0.717) is 25.1 Å². The maximum Gasteiger partial charge on any atom is 0.252 e. The Morgan fingerprint density at radius 3 is 2.54 bits per heavy atom. The summed E-state index contributed by atoms with van der Waals surface area (Å²) in [6, 6.07) is 11.1. The molecular weight excluding hydrogens is 370 g/mol. The van der Waals surface area contributed by atoms with E-state index in [1.807, 2.05) is 24.3 Å². The van der Waals surface area contributed by atoms with Crippen molar-refractivity contribution in [3.05, 3.63) is 70.5 Å². The maximum absolute atomic E-state index is 11.8. The van der Waals surface area contributed by atoms with Crippen molar-refractivity contribution in [3.63, 3.8) is 0 Å². The van der Waals surface area contributed by atoms with E-state index in [-0.39, 0.29) is 11.8 Å². The van der Waals surface area contributed by atoms with E-state index in [1.165, 1.54) is 12.3 Å². The number of nitrogens with zero attached hydrogens (tertiary/aromatic N) is 1. The molecule has 0 fully saturated rings. The molecule has 0 radical (unpaired) electrons. The van der Waals surface area contributed by atoms with E-state index in [1.54, 1.807) is 24.4 Å². The summed E-state index contributed by atoms with van der Waals surface area (Å²) in [5, 5.41) is 5.56. The molecule has 124 valence electrons. The highest BCUT2D eigenvalue weighted by Gasteiger charge is 2.03. The molecule has 1 aromatic carbocycles. The first kappa shape index (κ1) is 17.9. The summed E-state index contributed by atoms with van der Waals surface area (Å²) < 4.78 is 0.998. The molecule has 0 bridgehead atoms. The fourth-order valence-corrected chi connectivity index (χ4v) is 2.17. The molecule has 0 aliphatic heterocycles. The molecule has 6 heteroatoms. The van der Waals surface area contributed by atoms with Crippen LogP contribution in [0, 0.1) is 0 Å². The Hall–Kier alpha value is -2.47. The number of nitrogens with one attached hydrogen (secondary N) is 2. The average molecular weight is 388 g/mol. The minimum atomic E-state index is -0.162. The standard InChI is InChI=1S/C18H18BrN3O2/c19-16-7-4-14(5-8-16)6-9-17(23)21-11-2-12-22-18(24)15-3-1-10-20-13-15/h1,3-10,13H,2,11-12H2,(H,21,23)(H,22,24)/b9-6+. The van der Waals surface area contributed by atoms with Crippen LogP contribution in [0.25, 0.3) is 6.08 Å². The van der Waals surface area contributed by atoms with Crippen LogP contribution in [-0.4, -0.2) is 29.9 Å². The third-order valence-electron chi connectivity index (χ3n) is 3.16. The van der Waals surface area contributed by atoms with E-state index in [4.69, 9.17) is 0 Å². The number of hydrogen-bond acceptors (Lipinski definition) is 3. The first-order valence-electron chi connectivity index (χ1n) is 7.55. The van der Waals surface area contributed by atoms with Crippen molar-refractivity contribution >= 4 is 33.8 Å². The van der Waals surface area contributed by atoms with E-state index < -0.39 is 0 Å². The molecule has 0 atom stereocenters. The number of carbonyl (C=O) groups is 2. The van der Waals surface area contributed by atoms with Crippen LogP contribution in [0.15, 0.2) is 59.3 Å². The monoisotopic (exact) mass is 387 g/mol. The molecule has 2 N–H and O–H groups in total. The molecule has 0 spiro atoms. The highest BCUT2D eigenvalue weighted by atomic mass is 79.9. The smallest absolute Gasteiger partial charge is 0.252 e. The highest BCUT2D eigenvalue weighted by molar-refractivity contribution is 9.10. The molecule has 0 unspecified atom stereocenters. The van der Waals surface area contributed by atoms with Crippen molar-refractivity contribution in [1.29, 1.82) is 0 Å². The first-order chi connectivity index (χ1) is 11.6. The van der Waals surface area contributed by atoms with Gasteiger partial charge in [-0.15, -0.1) is 0 Å². The van der Waals surface area contributed by atoms with Gasteiger partial charge in [-0.1, -0.05) is 28.1 Å². The second kappa shape index (κ2) is 9.62. The number of amides is 2. The van der Waals surface area contributed by atoms with Crippen LogP contribution in [0.4, 0.5) is 0 Å². The van der Waals surface area contributed by atoms with Crippen LogP contribution in [0.5, 0.6) is 0 Å². The quantitative estimate of drug-likeness (QED) is 0.566. The fraction of sp³-hybridized carbons (Fsp3) is 0.167. The SMILES string of the molecule is O=C(/C=C/c1ccc(Br)cc1)NCCCNC(=O)c1cccnc1. The number of rotatable bonds is 7. The van der Waals surface area contributed by atoms with Crippen LogP contribution in [0.1, 0.15) is 22.3 Å². The maximum atomic E-state index is 11.8. The summed E-state index contributed by atoms with van der Waals surface area (Å²) in [5.41, 5.74) is 1.48. The third kappa shape index (κ3) is 6.34. The van der Waals surface area contributed by atoms with E-state index in [9.17, 15) is 9.59 Å². The number of aromatic nitrogens is 1. The van der Waals surface area contributed by atoms with Crippen LogP contribution in [0.2, 0.25) is 0 Å². The zero-order valence-electron chi connectivity index (χ0n) is 13.0. The van der Waals surface area contributed by atoms with Gasteiger partial charge in [0.15, 0.2) is 0 Å². The lowest BCUT2D eigenvalue weighted by atomic mass is 10.2. The summed E-state index contributed by atoms with van der Waals surface area (Å²) in [5.74, 6) is -0.318. The van der Waals surface area contributed by atoms with Gasteiger partial charge in [-0.05, 0) is 42.3 Å². The van der Waals surface area contributed by atoms with Gasteiger partial charge in [-0.2, -0.15) is 0 Å². The van der Waals surface area contributed by atoms with Crippen LogP contribution in [0.3, 0.4) is 0 Å². The normalized spacial score (nSPS) is 10.5. The molecule has 0 saturated carbocycles. The predicted molar refractivity (Wildman–Crippen MR) is 97.4 cm³/mol. The van der Waals surface area contributed by atoms with Crippen molar-refractivity contribution in [3.8, 4) is 0 Å². The minimum absolute atomic E-state index is 0.156. The first-order valence-corrected chi connectivity index (χ1v) is 8.34. The van der Waals surface area contributed by atoms with Gasteiger partial charge in [-0.25, -0.2) is 0 Å². The average Bonchev–Trinajstić information content (AvgIpc) is 2.61. The summed E-state index contributed by atoms with van der Waals surface area (Å²) in [6.45, 7) is 0.987. The van der Waals surface area contributed by atoms with Crippen molar-refractivity contribution in [2.75, 3.05) is 13.1 Å². The van der Waals surface area contributed by atoms with E-state index in [0.717, 1.165) is 10.0 Å². The predicted octanol–water partition coefficient (Wildman–Crippen LogP) is 2.79. The summed E-state index contributed by atoms with van der Waals surface area (Å²) in [6.07, 6.45) is 7.05. The number of halogens is 1. The van der Waals surface area contributed by atoms with E-state index >= 15 is 0 Å². The Bertz CT molecular complexity index is 700. The number of carbonyl (C=O) groups excluding carboxylic acids is 2. The van der Waals surface area contributed by atoms with Gasteiger partial charge in [-0.3, -0.25) is 14.6 Å². The van der Waals surface area contributed by atoms with Gasteiger partial charge in [0.25, 0.3) is 5.91 Å². The molecule has 2 aromatic rings. The van der Waals surface area contributed by atoms with Crippen molar-refractivity contribution in [2.24, 2.45) is 0 Å². The zero-order chi connectivity index (χ0) is 17.2. The summed E-state index contributed by atoms with van der Waals surface area (Å²) in [4.78, 5) is 27.4. The molecule has 5 nitrogen and oxygen atoms in total. The van der Waals surface area contributed by atoms with Crippen molar-refractivity contribution in [1.82, 2.24) is 15.6 Å². The molecule has 0 saturated heterocycles. The van der Waals surface area contributed by atoms with Gasteiger partial charge in [0.1, 0.15) is 0 Å². The van der Waals surface area contributed by atoms with Crippen LogP contribution < -0.4 is 10.6 Å². The lowest BCUT2D eigenvalue weighted by Gasteiger charge is -2.05. The Kier molecular flexibility index (Phi) is 7.17. The Morgan fingerprint density at radius 1 is 1.08 bits per heavy atom. The topological polar surface area (TPSA) is 71.1 Å². The molecule has 2 rings (SSSR count). The molecule has 2 amide bonds. The van der Waals surface area contributed by atoms with Gasteiger partial charge in [0.05, 0.1) is 5.56 Å². The van der Waals surface area contributed by atoms with Gasteiger partial charge in [0.2, 0.25) is 5.91 Å². The molecule has 24 heavy (non-hydrogen) atoms. The number of benzene rings is 1. The Labute approximate surface area is 149 Å². The van der Waals surface area contributed by atoms with Gasteiger partial charge >= 0.3 is 0 Å². The third-order valence-corrected chi connectivity index (χ3v) is 3.69. The van der Waals surface area contributed by atoms with Gasteiger partial charge < -0.3 is 10.6 Å². The zero-order valence-corrected chi connectivity index (χ0v) is 14.6. The molecule has 1 heterocycles. The Morgan fingerprint density at radius 2 is 1.83 bits per heavy atom. The molecular formula is C18H18BrN3O2. The van der Waals surface area contributed by atoms with Crippen LogP contribution in [-0.2, 0) is 4.79 Å². The second-order valence-electron chi connectivity index (χ2n) is 5.03. The Balaban J connectivity index is 1.62.